The lowest BCUT2D eigenvalue weighted by Crippen LogP contribution is -2.15. The van der Waals surface area contributed by atoms with Gasteiger partial charge in [-0.3, -0.25) is 0 Å². The first-order chi connectivity index (χ1) is 8.25. The van der Waals surface area contributed by atoms with Crippen LogP contribution in [-0.2, 0) is 0 Å². The molecule has 0 aliphatic heterocycles. The van der Waals surface area contributed by atoms with E-state index in [1.54, 1.807) is 16.9 Å². The fraction of sp³-hybridized carbons (Fsp3) is 0.273. The van der Waals surface area contributed by atoms with Crippen LogP contribution in [0.2, 0.25) is 0 Å². The van der Waals surface area contributed by atoms with E-state index in [0.29, 0.717) is 22.3 Å². The minimum Gasteiger partial charge on any atom is -0.389 e. The first kappa shape index (κ1) is 10.3. The highest BCUT2D eigenvalue weighted by molar-refractivity contribution is 7.80. The number of hydrogen-bond donors (Lipinski definition) is 1. The highest BCUT2D eigenvalue weighted by Crippen LogP contribution is 2.39. The van der Waals surface area contributed by atoms with Gasteiger partial charge in [0, 0.05) is 12.1 Å². The molecule has 2 heterocycles. The highest BCUT2D eigenvalue weighted by Gasteiger charge is 2.26. The molecule has 0 amide bonds. The van der Waals surface area contributed by atoms with Crippen molar-refractivity contribution in [3.63, 3.8) is 0 Å². The SMILES string of the molecule is NC(=S)c1ccnnc1-n1ccc(C2CC2)n1. The Labute approximate surface area is 104 Å². The second kappa shape index (κ2) is 3.89. The number of rotatable bonds is 3. The standard InChI is InChI=1S/C11H11N5S/c12-10(17)8-3-5-13-14-11(8)16-6-4-9(15-16)7-1-2-7/h3-7H,1-2H2,(H2,12,17). The first-order valence-electron chi connectivity index (χ1n) is 5.43. The molecule has 0 atom stereocenters. The second-order valence-corrected chi connectivity index (χ2v) is 4.53. The van der Waals surface area contributed by atoms with Gasteiger partial charge in [0.2, 0.25) is 0 Å². The molecule has 0 aromatic carbocycles. The lowest BCUT2D eigenvalue weighted by molar-refractivity contribution is 0.787. The smallest absolute Gasteiger partial charge is 0.185 e. The Morgan fingerprint density at radius 3 is 2.94 bits per heavy atom. The van der Waals surface area contributed by atoms with E-state index < -0.39 is 0 Å². The van der Waals surface area contributed by atoms with E-state index in [9.17, 15) is 0 Å². The van der Waals surface area contributed by atoms with E-state index in [2.05, 4.69) is 15.3 Å². The lowest BCUT2D eigenvalue weighted by atomic mass is 10.3. The summed E-state index contributed by atoms with van der Waals surface area (Å²) in [7, 11) is 0. The highest BCUT2D eigenvalue weighted by atomic mass is 32.1. The predicted octanol–water partition coefficient (Wildman–Crippen LogP) is 1.17. The quantitative estimate of drug-likeness (QED) is 0.822. The summed E-state index contributed by atoms with van der Waals surface area (Å²) in [6.07, 6.45) is 5.89. The van der Waals surface area contributed by atoms with Crippen LogP contribution in [0.15, 0.2) is 24.5 Å². The summed E-state index contributed by atoms with van der Waals surface area (Å²) >= 11 is 4.99. The minimum absolute atomic E-state index is 0.304. The topological polar surface area (TPSA) is 69.6 Å². The van der Waals surface area contributed by atoms with Gasteiger partial charge in [0.15, 0.2) is 5.82 Å². The van der Waals surface area contributed by atoms with Crippen LogP contribution in [0.3, 0.4) is 0 Å². The first-order valence-corrected chi connectivity index (χ1v) is 5.84. The van der Waals surface area contributed by atoms with Gasteiger partial charge in [-0.05, 0) is 25.0 Å². The normalized spacial score (nSPS) is 14.8. The van der Waals surface area contributed by atoms with Crippen molar-refractivity contribution in [3.8, 4) is 5.82 Å². The molecule has 0 unspecified atom stereocenters. The van der Waals surface area contributed by atoms with Gasteiger partial charge >= 0.3 is 0 Å². The van der Waals surface area contributed by atoms with Crippen LogP contribution in [0.4, 0.5) is 0 Å². The van der Waals surface area contributed by atoms with Crippen LogP contribution in [-0.4, -0.2) is 25.0 Å². The Balaban J connectivity index is 2.04. The van der Waals surface area contributed by atoms with Crippen molar-refractivity contribution >= 4 is 17.2 Å². The maximum absolute atomic E-state index is 5.65. The fourth-order valence-electron chi connectivity index (χ4n) is 1.74. The van der Waals surface area contributed by atoms with Crippen LogP contribution in [0.1, 0.15) is 30.0 Å². The summed E-state index contributed by atoms with van der Waals surface area (Å²) in [6.45, 7) is 0. The molecule has 5 nitrogen and oxygen atoms in total. The van der Waals surface area contributed by atoms with Crippen molar-refractivity contribution in [2.75, 3.05) is 0 Å². The molecule has 0 bridgehead atoms. The van der Waals surface area contributed by atoms with E-state index in [1.807, 2.05) is 12.3 Å². The zero-order valence-corrected chi connectivity index (χ0v) is 9.89. The molecular formula is C11H11N5S. The van der Waals surface area contributed by atoms with Crippen LogP contribution in [0.25, 0.3) is 5.82 Å². The third kappa shape index (κ3) is 1.91. The van der Waals surface area contributed by atoms with Crippen molar-refractivity contribution in [2.24, 2.45) is 5.73 Å². The van der Waals surface area contributed by atoms with Crippen LogP contribution in [0.5, 0.6) is 0 Å². The van der Waals surface area contributed by atoms with Crippen molar-refractivity contribution in [3.05, 3.63) is 35.8 Å². The summed E-state index contributed by atoms with van der Waals surface area (Å²) in [5, 5.41) is 12.4. The molecule has 6 heteroatoms. The largest absolute Gasteiger partial charge is 0.389 e. The van der Waals surface area contributed by atoms with Gasteiger partial charge in [0.25, 0.3) is 0 Å². The molecule has 3 rings (SSSR count). The van der Waals surface area contributed by atoms with Gasteiger partial charge in [0.05, 0.1) is 17.5 Å². The van der Waals surface area contributed by atoms with Crippen molar-refractivity contribution in [1.82, 2.24) is 20.0 Å². The third-order valence-electron chi connectivity index (χ3n) is 2.79. The molecule has 0 spiro atoms. The van der Waals surface area contributed by atoms with Gasteiger partial charge in [0.1, 0.15) is 4.99 Å². The summed E-state index contributed by atoms with van der Waals surface area (Å²) in [5.74, 6) is 1.20. The zero-order valence-electron chi connectivity index (χ0n) is 9.08. The Morgan fingerprint density at radius 2 is 2.24 bits per heavy atom. The Bertz CT molecular complexity index is 573. The maximum atomic E-state index is 5.65. The van der Waals surface area contributed by atoms with Gasteiger partial charge < -0.3 is 5.73 Å². The molecule has 1 fully saturated rings. The minimum atomic E-state index is 0.304. The third-order valence-corrected chi connectivity index (χ3v) is 3.01. The van der Waals surface area contributed by atoms with Gasteiger partial charge in [-0.1, -0.05) is 12.2 Å². The van der Waals surface area contributed by atoms with Gasteiger partial charge in [-0.15, -0.1) is 5.10 Å². The summed E-state index contributed by atoms with van der Waals surface area (Å²) in [4.78, 5) is 0.304. The van der Waals surface area contributed by atoms with Gasteiger partial charge in [-0.2, -0.15) is 10.2 Å². The van der Waals surface area contributed by atoms with Crippen LogP contribution < -0.4 is 5.73 Å². The van der Waals surface area contributed by atoms with E-state index >= 15 is 0 Å². The molecular weight excluding hydrogens is 234 g/mol. The molecule has 2 N–H and O–H groups in total. The van der Waals surface area contributed by atoms with E-state index in [-0.39, 0.29) is 0 Å². The number of aromatic nitrogens is 4. The number of nitrogens with zero attached hydrogens (tertiary/aromatic N) is 4. The molecule has 2 aromatic heterocycles. The number of thiocarbonyl (C=S) groups is 1. The van der Waals surface area contributed by atoms with Crippen molar-refractivity contribution in [1.29, 1.82) is 0 Å². The van der Waals surface area contributed by atoms with Crippen molar-refractivity contribution < 1.29 is 0 Å². The Kier molecular flexibility index (Phi) is 2.36. The van der Waals surface area contributed by atoms with Crippen molar-refractivity contribution in [2.45, 2.75) is 18.8 Å². The molecule has 86 valence electrons. The molecule has 2 aromatic rings. The molecule has 17 heavy (non-hydrogen) atoms. The van der Waals surface area contributed by atoms with E-state index in [0.717, 1.165) is 5.69 Å². The molecule has 1 aliphatic rings. The average Bonchev–Trinajstić information content (AvgIpc) is 3.07. The fourth-order valence-corrected chi connectivity index (χ4v) is 1.90. The predicted molar refractivity (Wildman–Crippen MR) is 67.0 cm³/mol. The maximum Gasteiger partial charge on any atom is 0.185 e. The Morgan fingerprint density at radius 1 is 1.41 bits per heavy atom. The van der Waals surface area contributed by atoms with Crippen LogP contribution in [0, 0.1) is 0 Å². The molecule has 1 saturated carbocycles. The number of nitrogens with two attached hydrogens (primary N) is 1. The Hall–Kier alpha value is -1.82. The van der Waals surface area contributed by atoms with Gasteiger partial charge in [-0.25, -0.2) is 4.68 Å². The van der Waals surface area contributed by atoms with Crippen LogP contribution >= 0.6 is 12.2 Å². The second-order valence-electron chi connectivity index (χ2n) is 4.09. The zero-order chi connectivity index (χ0) is 11.8. The van der Waals surface area contributed by atoms with E-state index in [1.165, 1.54) is 12.8 Å². The van der Waals surface area contributed by atoms with E-state index in [4.69, 9.17) is 18.0 Å². The molecule has 1 aliphatic carbocycles. The average molecular weight is 245 g/mol. The lowest BCUT2D eigenvalue weighted by Gasteiger charge is -2.05. The summed E-state index contributed by atoms with van der Waals surface area (Å²) in [6, 6.07) is 3.76. The summed E-state index contributed by atoms with van der Waals surface area (Å²) in [5.41, 5.74) is 7.45. The molecule has 0 saturated heterocycles. The molecule has 0 radical (unpaired) electrons. The monoisotopic (exact) mass is 245 g/mol. The number of hydrogen-bond acceptors (Lipinski definition) is 4. The summed E-state index contributed by atoms with van der Waals surface area (Å²) < 4.78 is 1.69.